The highest BCUT2D eigenvalue weighted by molar-refractivity contribution is 5.79. The van der Waals surface area contributed by atoms with E-state index in [1.165, 1.54) is 0 Å². The molecule has 0 rings (SSSR count). The maximum absolute atomic E-state index is 10.5. The quantitative estimate of drug-likeness (QED) is 0.484. The molecule has 0 heterocycles. The van der Waals surface area contributed by atoms with Gasteiger partial charge in [0.05, 0.1) is 6.42 Å². The number of aliphatic carboxylic acids is 3. The summed E-state index contributed by atoms with van der Waals surface area (Å²) in [6.07, 6.45) is -2.04. The third-order valence-corrected chi connectivity index (χ3v) is 1.49. The van der Waals surface area contributed by atoms with E-state index < -0.39 is 30.4 Å². The average molecular weight is 220 g/mol. The molecule has 0 aromatic rings. The lowest BCUT2D eigenvalue weighted by atomic mass is 10.2. The topological polar surface area (TPSA) is 121 Å². The molecule has 1 unspecified atom stereocenters. The number of carboxylic acid groups (broad SMARTS) is 3. The Kier molecular flexibility index (Phi) is 6.03. The van der Waals surface area contributed by atoms with Gasteiger partial charge in [-0.3, -0.25) is 9.59 Å². The molecule has 0 aliphatic heterocycles. The van der Waals surface area contributed by atoms with Gasteiger partial charge in [0, 0.05) is 13.0 Å². The van der Waals surface area contributed by atoms with E-state index in [1.54, 1.807) is 0 Å². The van der Waals surface area contributed by atoms with Crippen LogP contribution in [0.25, 0.3) is 0 Å². The third-order valence-electron chi connectivity index (χ3n) is 1.49. The second-order valence-electron chi connectivity index (χ2n) is 2.79. The first-order chi connectivity index (χ1) is 6.93. The summed E-state index contributed by atoms with van der Waals surface area (Å²) >= 11 is 0. The second-order valence-corrected chi connectivity index (χ2v) is 2.79. The van der Waals surface area contributed by atoms with Crippen molar-refractivity contribution in [2.24, 2.45) is 0 Å². The van der Waals surface area contributed by atoms with Crippen LogP contribution in [0, 0.1) is 0 Å². The van der Waals surface area contributed by atoms with E-state index in [9.17, 15) is 14.4 Å². The van der Waals surface area contributed by atoms with Gasteiger partial charge in [-0.05, 0) is 6.42 Å². The van der Waals surface area contributed by atoms with Gasteiger partial charge >= 0.3 is 17.9 Å². The highest BCUT2D eigenvalue weighted by atomic mass is 16.5. The van der Waals surface area contributed by atoms with Crippen LogP contribution in [-0.4, -0.2) is 45.9 Å². The largest absolute Gasteiger partial charge is 0.481 e. The van der Waals surface area contributed by atoms with Crippen molar-refractivity contribution in [2.45, 2.75) is 25.4 Å². The summed E-state index contributed by atoms with van der Waals surface area (Å²) in [6.45, 7) is -0.0868. The summed E-state index contributed by atoms with van der Waals surface area (Å²) in [4.78, 5) is 30.8. The maximum Gasteiger partial charge on any atom is 0.333 e. The minimum absolute atomic E-state index is 0.0868. The Bertz CT molecular complexity index is 247. The molecule has 86 valence electrons. The van der Waals surface area contributed by atoms with E-state index in [1.807, 2.05) is 0 Å². The molecule has 0 aromatic carbocycles. The predicted molar refractivity (Wildman–Crippen MR) is 46.5 cm³/mol. The van der Waals surface area contributed by atoms with E-state index in [0.29, 0.717) is 0 Å². The van der Waals surface area contributed by atoms with Gasteiger partial charge < -0.3 is 20.1 Å². The molecule has 3 N–H and O–H groups in total. The Morgan fingerprint density at radius 2 is 1.67 bits per heavy atom. The van der Waals surface area contributed by atoms with E-state index in [2.05, 4.69) is 0 Å². The van der Waals surface area contributed by atoms with Gasteiger partial charge in [-0.15, -0.1) is 0 Å². The molecule has 0 radical (unpaired) electrons. The van der Waals surface area contributed by atoms with Crippen molar-refractivity contribution in [1.29, 1.82) is 0 Å². The zero-order valence-corrected chi connectivity index (χ0v) is 7.88. The zero-order valence-electron chi connectivity index (χ0n) is 7.88. The van der Waals surface area contributed by atoms with Crippen molar-refractivity contribution in [3.05, 3.63) is 0 Å². The monoisotopic (exact) mass is 220 g/mol. The SMILES string of the molecule is O=C(O)CCCOC(CC(=O)O)C(=O)O. The van der Waals surface area contributed by atoms with Crippen LogP contribution < -0.4 is 0 Å². The molecule has 0 bridgehead atoms. The number of hydrogen-bond donors (Lipinski definition) is 3. The number of rotatable bonds is 8. The molecule has 0 aliphatic rings. The lowest BCUT2D eigenvalue weighted by Gasteiger charge is -2.10. The van der Waals surface area contributed by atoms with Crippen LogP contribution in [0.1, 0.15) is 19.3 Å². The summed E-state index contributed by atoms with van der Waals surface area (Å²) < 4.78 is 4.72. The Morgan fingerprint density at radius 1 is 1.07 bits per heavy atom. The first-order valence-corrected chi connectivity index (χ1v) is 4.21. The fourth-order valence-electron chi connectivity index (χ4n) is 0.825. The molecule has 0 fully saturated rings. The molecule has 0 spiro atoms. The van der Waals surface area contributed by atoms with E-state index >= 15 is 0 Å². The number of carbonyl (C=O) groups is 3. The lowest BCUT2D eigenvalue weighted by molar-refractivity contribution is -0.157. The maximum atomic E-state index is 10.5. The van der Waals surface area contributed by atoms with Gasteiger partial charge in [-0.25, -0.2) is 4.79 Å². The molecule has 0 amide bonds. The molecular weight excluding hydrogens is 208 g/mol. The third kappa shape index (κ3) is 7.44. The molecule has 15 heavy (non-hydrogen) atoms. The first kappa shape index (κ1) is 13.4. The summed E-state index contributed by atoms with van der Waals surface area (Å²) in [7, 11) is 0. The van der Waals surface area contributed by atoms with Gasteiger partial charge in [0.2, 0.25) is 0 Å². The van der Waals surface area contributed by atoms with E-state index in [0.717, 1.165) is 0 Å². The average Bonchev–Trinajstić information content (AvgIpc) is 2.08. The van der Waals surface area contributed by atoms with E-state index in [4.69, 9.17) is 20.1 Å². The van der Waals surface area contributed by atoms with Crippen LogP contribution in [0.5, 0.6) is 0 Å². The zero-order chi connectivity index (χ0) is 11.8. The second kappa shape index (κ2) is 6.77. The standard InChI is InChI=1S/C8H12O7/c9-6(10)2-1-3-15-5(8(13)14)4-7(11)12/h5H,1-4H2,(H,9,10)(H,11,12)(H,13,14). The van der Waals surface area contributed by atoms with Crippen LogP contribution in [0.15, 0.2) is 0 Å². The van der Waals surface area contributed by atoms with Gasteiger partial charge in [-0.2, -0.15) is 0 Å². The number of ether oxygens (including phenoxy) is 1. The molecule has 7 heteroatoms. The Labute approximate surface area is 85.3 Å². The number of carboxylic acids is 3. The lowest BCUT2D eigenvalue weighted by Crippen LogP contribution is -2.27. The van der Waals surface area contributed by atoms with Crippen molar-refractivity contribution in [1.82, 2.24) is 0 Å². The smallest absolute Gasteiger partial charge is 0.333 e. The minimum Gasteiger partial charge on any atom is -0.481 e. The molecule has 0 aliphatic carbocycles. The van der Waals surface area contributed by atoms with Crippen molar-refractivity contribution in [2.75, 3.05) is 6.61 Å². The van der Waals surface area contributed by atoms with Crippen molar-refractivity contribution >= 4 is 17.9 Å². The Hall–Kier alpha value is -1.63. The summed E-state index contributed by atoms with van der Waals surface area (Å²) in [5.41, 5.74) is 0. The van der Waals surface area contributed by atoms with Crippen LogP contribution in [0.3, 0.4) is 0 Å². The normalized spacial score (nSPS) is 12.0. The fourth-order valence-corrected chi connectivity index (χ4v) is 0.825. The molecule has 0 saturated carbocycles. The molecule has 1 atom stereocenters. The van der Waals surface area contributed by atoms with Gasteiger partial charge in [0.1, 0.15) is 0 Å². The molecule has 0 aromatic heterocycles. The van der Waals surface area contributed by atoms with Crippen molar-refractivity contribution in [3.8, 4) is 0 Å². The van der Waals surface area contributed by atoms with Crippen LogP contribution in [0.2, 0.25) is 0 Å². The summed E-state index contributed by atoms with van der Waals surface area (Å²) in [6, 6.07) is 0. The van der Waals surface area contributed by atoms with Gasteiger partial charge in [0.15, 0.2) is 6.10 Å². The fraction of sp³-hybridized carbons (Fsp3) is 0.625. The molecule has 7 nitrogen and oxygen atoms in total. The van der Waals surface area contributed by atoms with Gasteiger partial charge in [-0.1, -0.05) is 0 Å². The van der Waals surface area contributed by atoms with Crippen LogP contribution >= 0.6 is 0 Å². The van der Waals surface area contributed by atoms with Crippen molar-refractivity contribution in [3.63, 3.8) is 0 Å². The van der Waals surface area contributed by atoms with Gasteiger partial charge in [0.25, 0.3) is 0 Å². The Morgan fingerprint density at radius 3 is 2.07 bits per heavy atom. The highest BCUT2D eigenvalue weighted by Crippen LogP contribution is 2.01. The summed E-state index contributed by atoms with van der Waals surface area (Å²) in [5.74, 6) is -3.66. The Balaban J connectivity index is 3.81. The number of hydrogen-bond acceptors (Lipinski definition) is 4. The van der Waals surface area contributed by atoms with E-state index in [-0.39, 0.29) is 19.4 Å². The highest BCUT2D eigenvalue weighted by Gasteiger charge is 2.21. The molecule has 0 saturated heterocycles. The minimum atomic E-state index is -1.42. The predicted octanol–water partition coefficient (Wildman–Crippen LogP) is -0.204. The van der Waals surface area contributed by atoms with Crippen LogP contribution in [0.4, 0.5) is 0 Å². The van der Waals surface area contributed by atoms with Crippen molar-refractivity contribution < 1.29 is 34.4 Å². The molecular formula is C8H12O7. The van der Waals surface area contributed by atoms with Crippen LogP contribution in [-0.2, 0) is 19.1 Å². The first-order valence-electron chi connectivity index (χ1n) is 4.21. The summed E-state index contributed by atoms with van der Waals surface area (Å²) in [5, 5.41) is 25.1.